The molecule has 0 saturated carbocycles. The van der Waals surface area contributed by atoms with E-state index < -0.39 is 4.92 Å². The van der Waals surface area contributed by atoms with E-state index in [0.717, 1.165) is 4.47 Å². The molecule has 0 atom stereocenters. The van der Waals surface area contributed by atoms with E-state index >= 15 is 0 Å². The Morgan fingerprint density at radius 2 is 2.05 bits per heavy atom. The van der Waals surface area contributed by atoms with Crippen LogP contribution in [0.3, 0.4) is 0 Å². The summed E-state index contributed by atoms with van der Waals surface area (Å²) in [6.07, 6.45) is 0. The van der Waals surface area contributed by atoms with Gasteiger partial charge in [-0.05, 0) is 24.3 Å². The maximum Gasteiger partial charge on any atom is 0.270 e. The Balaban J connectivity index is 2.42. The number of ether oxygens (including phenoxy) is 1. The van der Waals surface area contributed by atoms with Gasteiger partial charge in [-0.2, -0.15) is 5.26 Å². The smallest absolute Gasteiger partial charge is 0.270 e. The maximum atomic E-state index is 10.7. The minimum atomic E-state index is -0.537. The molecule has 0 heterocycles. The fourth-order valence-corrected chi connectivity index (χ4v) is 2.13. The molecule has 1 N–H and O–H groups in total. The third kappa shape index (κ3) is 3.30. The first kappa shape index (κ1) is 14.8. The highest BCUT2D eigenvalue weighted by molar-refractivity contribution is 9.10. The van der Waals surface area contributed by atoms with Gasteiger partial charge in [0.1, 0.15) is 11.8 Å². The highest BCUT2D eigenvalue weighted by Crippen LogP contribution is 2.32. The number of nitro benzene ring substituents is 1. The van der Waals surface area contributed by atoms with E-state index in [1.54, 1.807) is 12.1 Å². The van der Waals surface area contributed by atoms with Gasteiger partial charge >= 0.3 is 0 Å². The predicted octanol–water partition coefficient (Wildman–Crippen LogP) is 3.98. The van der Waals surface area contributed by atoms with Crippen LogP contribution in [0.1, 0.15) is 5.56 Å². The summed E-state index contributed by atoms with van der Waals surface area (Å²) < 4.78 is 6.07. The van der Waals surface area contributed by atoms with E-state index in [9.17, 15) is 10.1 Å². The highest BCUT2D eigenvalue weighted by Gasteiger charge is 2.12. The molecule has 21 heavy (non-hydrogen) atoms. The molecule has 0 fully saturated rings. The zero-order valence-electron chi connectivity index (χ0n) is 11.0. The molecule has 0 aliphatic carbocycles. The molecule has 7 heteroatoms. The lowest BCUT2D eigenvalue weighted by Crippen LogP contribution is -1.98. The van der Waals surface area contributed by atoms with E-state index in [-0.39, 0.29) is 11.3 Å². The number of hydrogen-bond acceptors (Lipinski definition) is 5. The van der Waals surface area contributed by atoms with Crippen molar-refractivity contribution < 1.29 is 9.66 Å². The number of anilines is 2. The molecule has 0 aliphatic rings. The molecule has 0 spiro atoms. The number of nitrogens with zero attached hydrogens (tertiary/aromatic N) is 2. The average molecular weight is 348 g/mol. The molecule has 0 bridgehead atoms. The molecular weight excluding hydrogens is 338 g/mol. The number of non-ortho nitro benzene ring substituents is 1. The number of nitro groups is 1. The van der Waals surface area contributed by atoms with Crippen molar-refractivity contribution in [3.05, 3.63) is 56.5 Å². The zero-order chi connectivity index (χ0) is 15.4. The Morgan fingerprint density at radius 3 is 2.67 bits per heavy atom. The number of rotatable bonds is 4. The molecule has 2 aromatic rings. The fourth-order valence-electron chi connectivity index (χ4n) is 1.77. The number of methoxy groups -OCH3 is 1. The zero-order valence-corrected chi connectivity index (χ0v) is 12.5. The second-order valence-corrected chi connectivity index (χ2v) is 4.98. The third-order valence-electron chi connectivity index (χ3n) is 2.77. The Labute approximate surface area is 129 Å². The maximum absolute atomic E-state index is 10.7. The summed E-state index contributed by atoms with van der Waals surface area (Å²) in [5.41, 5.74) is 1.18. The molecule has 0 amide bonds. The van der Waals surface area contributed by atoms with Gasteiger partial charge in [0.2, 0.25) is 0 Å². The van der Waals surface area contributed by atoms with E-state index in [1.807, 2.05) is 12.1 Å². The number of benzene rings is 2. The van der Waals surface area contributed by atoms with Crippen molar-refractivity contribution in [1.29, 1.82) is 5.26 Å². The minimum Gasteiger partial charge on any atom is -0.495 e. The number of nitrogens with one attached hydrogen (secondary N) is 1. The van der Waals surface area contributed by atoms with Crippen LogP contribution in [0, 0.1) is 21.4 Å². The van der Waals surface area contributed by atoms with E-state index in [2.05, 4.69) is 21.2 Å². The van der Waals surface area contributed by atoms with Crippen LogP contribution in [0.2, 0.25) is 0 Å². The summed E-state index contributed by atoms with van der Waals surface area (Å²) in [6, 6.07) is 11.4. The first-order valence-corrected chi connectivity index (χ1v) is 6.63. The van der Waals surface area contributed by atoms with Crippen molar-refractivity contribution >= 4 is 33.0 Å². The lowest BCUT2D eigenvalue weighted by Gasteiger charge is -2.12. The van der Waals surface area contributed by atoms with Gasteiger partial charge in [0, 0.05) is 16.6 Å². The summed E-state index contributed by atoms with van der Waals surface area (Å²) in [4.78, 5) is 10.2. The lowest BCUT2D eigenvalue weighted by atomic mass is 10.1. The molecule has 0 radical (unpaired) electrons. The first-order chi connectivity index (χ1) is 10.0. The Hall–Kier alpha value is -2.59. The fraction of sp³-hybridized carbons (Fsp3) is 0.0714. The van der Waals surface area contributed by atoms with Gasteiger partial charge in [0.25, 0.3) is 5.69 Å². The standard InChI is InChI=1S/C14H10BrN3O3/c1-21-14-5-2-10(15)7-13(14)17-12-4-3-11(18(19)20)6-9(12)8-16/h2-7,17H,1H3. The van der Waals surface area contributed by atoms with Gasteiger partial charge in [-0.1, -0.05) is 15.9 Å². The van der Waals surface area contributed by atoms with Crippen LogP contribution in [0.4, 0.5) is 17.1 Å². The quantitative estimate of drug-likeness (QED) is 0.667. The summed E-state index contributed by atoms with van der Waals surface area (Å²) in [5.74, 6) is 0.598. The van der Waals surface area contributed by atoms with Crippen LogP contribution in [0.25, 0.3) is 0 Å². The Bertz CT molecular complexity index is 741. The minimum absolute atomic E-state index is 0.127. The molecule has 0 saturated heterocycles. The molecule has 2 rings (SSSR count). The van der Waals surface area contributed by atoms with Crippen molar-refractivity contribution in [3.8, 4) is 11.8 Å². The summed E-state index contributed by atoms with van der Waals surface area (Å²) in [6.45, 7) is 0. The van der Waals surface area contributed by atoms with Crippen LogP contribution in [-0.2, 0) is 0 Å². The Kier molecular flexibility index (Phi) is 4.40. The summed E-state index contributed by atoms with van der Waals surface area (Å²) in [7, 11) is 1.54. The molecule has 2 aromatic carbocycles. The molecular formula is C14H10BrN3O3. The second kappa shape index (κ2) is 6.24. The van der Waals surface area contributed by atoms with Gasteiger partial charge in [-0.3, -0.25) is 10.1 Å². The van der Waals surface area contributed by atoms with E-state index in [4.69, 9.17) is 10.00 Å². The second-order valence-electron chi connectivity index (χ2n) is 4.07. The summed E-state index contributed by atoms with van der Waals surface area (Å²) >= 11 is 3.36. The first-order valence-electron chi connectivity index (χ1n) is 5.84. The van der Waals surface area contributed by atoms with Crippen LogP contribution in [0.15, 0.2) is 40.9 Å². The molecule has 0 aromatic heterocycles. The molecule has 106 valence electrons. The van der Waals surface area contributed by atoms with Crippen LogP contribution in [0.5, 0.6) is 5.75 Å². The average Bonchev–Trinajstić information content (AvgIpc) is 2.47. The normalized spacial score (nSPS) is 9.76. The topological polar surface area (TPSA) is 88.2 Å². The SMILES string of the molecule is COc1ccc(Br)cc1Nc1ccc([N+](=O)[O-])cc1C#N. The van der Waals surface area contributed by atoms with Crippen molar-refractivity contribution in [1.82, 2.24) is 0 Å². The van der Waals surface area contributed by atoms with Crippen LogP contribution < -0.4 is 10.1 Å². The van der Waals surface area contributed by atoms with Crippen molar-refractivity contribution in [3.63, 3.8) is 0 Å². The van der Waals surface area contributed by atoms with Crippen LogP contribution in [-0.4, -0.2) is 12.0 Å². The summed E-state index contributed by atoms with van der Waals surface area (Å²) in [5, 5.41) is 22.9. The Morgan fingerprint density at radius 1 is 1.29 bits per heavy atom. The number of halogens is 1. The highest BCUT2D eigenvalue weighted by atomic mass is 79.9. The van der Waals surface area contributed by atoms with Crippen molar-refractivity contribution in [2.75, 3.05) is 12.4 Å². The van der Waals surface area contributed by atoms with E-state index in [0.29, 0.717) is 17.1 Å². The van der Waals surface area contributed by atoms with Gasteiger partial charge in [-0.15, -0.1) is 0 Å². The van der Waals surface area contributed by atoms with Gasteiger partial charge in [0.05, 0.1) is 29.0 Å². The largest absolute Gasteiger partial charge is 0.495 e. The number of nitriles is 1. The van der Waals surface area contributed by atoms with Crippen molar-refractivity contribution in [2.45, 2.75) is 0 Å². The van der Waals surface area contributed by atoms with Gasteiger partial charge < -0.3 is 10.1 Å². The number of hydrogen-bond donors (Lipinski definition) is 1. The van der Waals surface area contributed by atoms with Crippen LogP contribution >= 0.6 is 15.9 Å². The van der Waals surface area contributed by atoms with Gasteiger partial charge in [-0.25, -0.2) is 0 Å². The van der Waals surface area contributed by atoms with Crippen molar-refractivity contribution in [2.24, 2.45) is 0 Å². The lowest BCUT2D eigenvalue weighted by molar-refractivity contribution is -0.384. The third-order valence-corrected chi connectivity index (χ3v) is 3.26. The molecule has 0 aliphatic heterocycles. The predicted molar refractivity (Wildman–Crippen MR) is 81.8 cm³/mol. The monoisotopic (exact) mass is 347 g/mol. The van der Waals surface area contributed by atoms with E-state index in [1.165, 1.54) is 25.3 Å². The molecule has 0 unspecified atom stereocenters. The van der Waals surface area contributed by atoms with Gasteiger partial charge in [0.15, 0.2) is 0 Å². The molecule has 6 nitrogen and oxygen atoms in total.